The molecule has 1 amide bonds. The van der Waals surface area contributed by atoms with E-state index in [1.807, 2.05) is 6.92 Å². The van der Waals surface area contributed by atoms with Gasteiger partial charge in [-0.1, -0.05) is 0 Å². The predicted octanol–water partition coefficient (Wildman–Crippen LogP) is 1.46. The van der Waals surface area contributed by atoms with E-state index in [1.165, 1.54) is 0 Å². The molecular weight excluding hydrogens is 204 g/mol. The maximum absolute atomic E-state index is 12.0. The maximum Gasteiger partial charge on any atom is 0.287 e. The van der Waals surface area contributed by atoms with Crippen LogP contribution in [0.5, 0.6) is 0 Å². The number of carbonyl (C=O) groups is 1. The molecule has 0 saturated carbocycles. The minimum absolute atomic E-state index is 0.105. The molecule has 0 aliphatic carbocycles. The van der Waals surface area contributed by atoms with Gasteiger partial charge >= 0.3 is 0 Å². The third kappa shape index (κ3) is 2.27. The molecule has 2 rings (SSSR count). The van der Waals surface area contributed by atoms with E-state index in [2.05, 4.69) is 17.6 Å². The van der Waals surface area contributed by atoms with E-state index in [4.69, 9.17) is 4.42 Å². The number of rotatable bonds is 2. The second-order valence-corrected chi connectivity index (χ2v) is 4.70. The third-order valence-corrected chi connectivity index (χ3v) is 3.19. The van der Waals surface area contributed by atoms with Crippen molar-refractivity contribution in [3.8, 4) is 0 Å². The first-order chi connectivity index (χ1) is 7.61. The van der Waals surface area contributed by atoms with Crippen molar-refractivity contribution >= 4 is 5.91 Å². The fourth-order valence-corrected chi connectivity index (χ4v) is 2.04. The number of carbonyl (C=O) groups excluding carboxylic acids is 1. The Morgan fingerprint density at radius 1 is 1.50 bits per heavy atom. The van der Waals surface area contributed by atoms with Crippen LogP contribution in [0.1, 0.15) is 35.9 Å². The summed E-state index contributed by atoms with van der Waals surface area (Å²) in [4.78, 5) is 12.0. The van der Waals surface area contributed by atoms with Crippen molar-refractivity contribution in [2.24, 2.45) is 0 Å². The SMILES string of the molecule is Cc1ccoc1C(=O)NC1(C)CCNCC1. The molecule has 2 heterocycles. The number of furan rings is 1. The van der Waals surface area contributed by atoms with Crippen LogP contribution in [0.3, 0.4) is 0 Å². The summed E-state index contributed by atoms with van der Waals surface area (Å²) >= 11 is 0. The molecule has 88 valence electrons. The van der Waals surface area contributed by atoms with Gasteiger partial charge in [-0.2, -0.15) is 0 Å². The number of hydrogen-bond acceptors (Lipinski definition) is 3. The van der Waals surface area contributed by atoms with Crippen molar-refractivity contribution in [3.05, 3.63) is 23.7 Å². The van der Waals surface area contributed by atoms with Gasteiger partial charge in [-0.15, -0.1) is 0 Å². The standard InChI is InChI=1S/C12H18N2O2/c1-9-3-8-16-10(9)11(15)14-12(2)4-6-13-7-5-12/h3,8,13H,4-7H2,1-2H3,(H,14,15). The van der Waals surface area contributed by atoms with Gasteiger partial charge in [0.05, 0.1) is 6.26 Å². The largest absolute Gasteiger partial charge is 0.459 e. The molecule has 4 heteroatoms. The summed E-state index contributed by atoms with van der Waals surface area (Å²) in [6.07, 6.45) is 3.46. The zero-order chi connectivity index (χ0) is 11.6. The Morgan fingerprint density at radius 3 is 2.75 bits per heavy atom. The first-order valence-corrected chi connectivity index (χ1v) is 5.68. The average molecular weight is 222 g/mol. The predicted molar refractivity (Wildman–Crippen MR) is 61.4 cm³/mol. The molecule has 1 saturated heterocycles. The Morgan fingerprint density at radius 2 is 2.19 bits per heavy atom. The van der Waals surface area contributed by atoms with Crippen molar-refractivity contribution < 1.29 is 9.21 Å². The van der Waals surface area contributed by atoms with E-state index < -0.39 is 0 Å². The lowest BCUT2D eigenvalue weighted by atomic mass is 9.90. The maximum atomic E-state index is 12.0. The molecule has 1 aliphatic heterocycles. The van der Waals surface area contributed by atoms with Gasteiger partial charge < -0.3 is 15.1 Å². The highest BCUT2D eigenvalue weighted by Gasteiger charge is 2.29. The molecule has 1 fully saturated rings. The molecule has 0 atom stereocenters. The number of amides is 1. The molecule has 16 heavy (non-hydrogen) atoms. The molecule has 0 aromatic carbocycles. The van der Waals surface area contributed by atoms with Crippen LogP contribution in [0.2, 0.25) is 0 Å². The normalized spacial score (nSPS) is 19.4. The van der Waals surface area contributed by atoms with E-state index in [0.29, 0.717) is 5.76 Å². The van der Waals surface area contributed by atoms with Crippen LogP contribution in [0, 0.1) is 6.92 Å². The Labute approximate surface area is 95.4 Å². The van der Waals surface area contributed by atoms with Gasteiger partial charge in [0.2, 0.25) is 0 Å². The summed E-state index contributed by atoms with van der Waals surface area (Å²) in [5.41, 5.74) is 0.775. The van der Waals surface area contributed by atoms with Gasteiger partial charge in [0.1, 0.15) is 0 Å². The van der Waals surface area contributed by atoms with Crippen molar-refractivity contribution in [1.29, 1.82) is 0 Å². The zero-order valence-corrected chi connectivity index (χ0v) is 9.80. The summed E-state index contributed by atoms with van der Waals surface area (Å²) in [7, 11) is 0. The smallest absolute Gasteiger partial charge is 0.287 e. The van der Waals surface area contributed by atoms with Gasteiger partial charge in [-0.25, -0.2) is 0 Å². The lowest BCUT2D eigenvalue weighted by Gasteiger charge is -2.34. The van der Waals surface area contributed by atoms with Crippen molar-refractivity contribution in [2.75, 3.05) is 13.1 Å². The van der Waals surface area contributed by atoms with Gasteiger partial charge in [0.25, 0.3) is 5.91 Å². The van der Waals surface area contributed by atoms with E-state index in [0.717, 1.165) is 31.5 Å². The summed E-state index contributed by atoms with van der Waals surface area (Å²) in [5, 5.41) is 6.35. The molecule has 0 unspecified atom stereocenters. The van der Waals surface area contributed by atoms with Crippen molar-refractivity contribution in [3.63, 3.8) is 0 Å². The van der Waals surface area contributed by atoms with Crippen LogP contribution < -0.4 is 10.6 Å². The van der Waals surface area contributed by atoms with Gasteiger partial charge in [-0.3, -0.25) is 4.79 Å². The van der Waals surface area contributed by atoms with Crippen LogP contribution >= 0.6 is 0 Å². The highest BCUT2D eigenvalue weighted by Crippen LogP contribution is 2.19. The lowest BCUT2D eigenvalue weighted by Crippen LogP contribution is -2.52. The summed E-state index contributed by atoms with van der Waals surface area (Å²) in [6.45, 7) is 5.87. The second-order valence-electron chi connectivity index (χ2n) is 4.70. The molecule has 1 aliphatic rings. The summed E-state index contributed by atoms with van der Waals surface area (Å²) in [5.74, 6) is 0.326. The van der Waals surface area contributed by atoms with Crippen LogP contribution in [0.25, 0.3) is 0 Å². The van der Waals surface area contributed by atoms with Crippen LogP contribution in [0.4, 0.5) is 0 Å². The van der Waals surface area contributed by atoms with Crippen molar-refractivity contribution in [1.82, 2.24) is 10.6 Å². The molecule has 0 spiro atoms. The van der Waals surface area contributed by atoms with Gasteiger partial charge in [0, 0.05) is 11.1 Å². The highest BCUT2D eigenvalue weighted by atomic mass is 16.3. The molecule has 0 bridgehead atoms. The number of aryl methyl sites for hydroxylation is 1. The highest BCUT2D eigenvalue weighted by molar-refractivity contribution is 5.93. The van der Waals surface area contributed by atoms with E-state index in [1.54, 1.807) is 12.3 Å². The molecular formula is C12H18N2O2. The van der Waals surface area contributed by atoms with Gasteiger partial charge in [0.15, 0.2) is 5.76 Å². The van der Waals surface area contributed by atoms with E-state index in [-0.39, 0.29) is 11.4 Å². The second kappa shape index (κ2) is 4.29. The third-order valence-electron chi connectivity index (χ3n) is 3.19. The van der Waals surface area contributed by atoms with E-state index >= 15 is 0 Å². The lowest BCUT2D eigenvalue weighted by molar-refractivity contribution is 0.0858. The van der Waals surface area contributed by atoms with Crippen LogP contribution in [-0.4, -0.2) is 24.5 Å². The number of nitrogens with one attached hydrogen (secondary N) is 2. The van der Waals surface area contributed by atoms with Crippen LogP contribution in [0.15, 0.2) is 16.7 Å². The Kier molecular flexibility index (Phi) is 3.01. The first kappa shape index (κ1) is 11.2. The minimum atomic E-state index is -0.110. The van der Waals surface area contributed by atoms with Crippen molar-refractivity contribution in [2.45, 2.75) is 32.2 Å². The first-order valence-electron chi connectivity index (χ1n) is 5.68. The molecule has 2 N–H and O–H groups in total. The van der Waals surface area contributed by atoms with Gasteiger partial charge in [-0.05, 0) is 45.8 Å². The molecule has 1 aromatic heterocycles. The average Bonchev–Trinajstić information content (AvgIpc) is 2.65. The molecule has 4 nitrogen and oxygen atoms in total. The Hall–Kier alpha value is -1.29. The Bertz CT molecular complexity index is 378. The molecule has 0 radical (unpaired) electrons. The fraction of sp³-hybridized carbons (Fsp3) is 0.583. The summed E-state index contributed by atoms with van der Waals surface area (Å²) < 4.78 is 5.18. The fourth-order valence-electron chi connectivity index (χ4n) is 2.04. The minimum Gasteiger partial charge on any atom is -0.459 e. The zero-order valence-electron chi connectivity index (χ0n) is 9.80. The number of hydrogen-bond donors (Lipinski definition) is 2. The quantitative estimate of drug-likeness (QED) is 0.796. The topological polar surface area (TPSA) is 54.3 Å². The molecule has 1 aromatic rings. The summed E-state index contributed by atoms with van der Waals surface area (Å²) in [6, 6.07) is 1.81. The van der Waals surface area contributed by atoms with E-state index in [9.17, 15) is 4.79 Å². The Balaban J connectivity index is 2.04. The monoisotopic (exact) mass is 222 g/mol. The number of piperidine rings is 1. The van der Waals surface area contributed by atoms with Crippen LogP contribution in [-0.2, 0) is 0 Å².